The smallest absolute Gasteiger partial charge is 0.298 e. The van der Waals surface area contributed by atoms with E-state index in [4.69, 9.17) is 4.42 Å². The van der Waals surface area contributed by atoms with Gasteiger partial charge < -0.3 is 14.2 Å². The first kappa shape index (κ1) is 18.9. The molecular weight excluding hydrogens is 418 g/mol. The fourth-order valence-corrected chi connectivity index (χ4v) is 4.73. The predicted molar refractivity (Wildman–Crippen MR) is 110 cm³/mol. The number of amides is 1. The predicted octanol–water partition coefficient (Wildman–Crippen LogP) is 2.90. The minimum atomic E-state index is -0.595. The van der Waals surface area contributed by atoms with Crippen LogP contribution in [0.1, 0.15) is 10.4 Å². The van der Waals surface area contributed by atoms with Gasteiger partial charge in [-0.15, -0.1) is 0 Å². The highest BCUT2D eigenvalue weighted by Gasteiger charge is 2.43. The summed E-state index contributed by atoms with van der Waals surface area (Å²) in [6.45, 7) is 2.34. The molecule has 2 fully saturated rings. The highest BCUT2D eigenvalue weighted by molar-refractivity contribution is 5.98. The first-order valence-corrected chi connectivity index (χ1v) is 10.3. The summed E-state index contributed by atoms with van der Waals surface area (Å²) in [5.74, 6) is -0.908. The average Bonchev–Trinajstić information content (AvgIpc) is 3.55. The lowest BCUT2D eigenvalue weighted by Gasteiger charge is -2.22. The molecule has 2 saturated heterocycles. The van der Waals surface area contributed by atoms with Crippen molar-refractivity contribution in [3.8, 4) is 5.69 Å². The molecule has 4 heterocycles. The minimum absolute atomic E-state index is 0.0264. The van der Waals surface area contributed by atoms with Gasteiger partial charge in [-0.3, -0.25) is 4.79 Å². The van der Waals surface area contributed by atoms with Crippen molar-refractivity contribution in [2.24, 2.45) is 11.8 Å². The molecule has 10 heteroatoms. The van der Waals surface area contributed by atoms with Gasteiger partial charge in [-0.2, -0.15) is 20.0 Å². The molecule has 6 rings (SSSR count). The maximum Gasteiger partial charge on any atom is 0.298 e. The molecule has 0 spiro atoms. The number of nitrogens with zero attached hydrogens (tertiary/aromatic N) is 6. The summed E-state index contributed by atoms with van der Waals surface area (Å²) >= 11 is 0. The second-order valence-electron chi connectivity index (χ2n) is 8.20. The number of fused-ring (bicyclic) bond motifs is 2. The Morgan fingerprint density at radius 3 is 2.50 bits per heavy atom. The van der Waals surface area contributed by atoms with Crippen molar-refractivity contribution < 1.29 is 18.0 Å². The molecule has 2 unspecified atom stereocenters. The zero-order chi connectivity index (χ0) is 21.8. The molecule has 4 aromatic rings. The lowest BCUT2D eigenvalue weighted by Crippen LogP contribution is -2.34. The van der Waals surface area contributed by atoms with Crippen molar-refractivity contribution in [3.05, 3.63) is 66.0 Å². The van der Waals surface area contributed by atoms with Crippen LogP contribution in [-0.2, 0) is 0 Å². The molecule has 2 aliphatic heterocycles. The van der Waals surface area contributed by atoms with Gasteiger partial charge in [0.05, 0.1) is 12.4 Å². The Balaban J connectivity index is 1.21. The molecule has 0 aliphatic carbocycles. The SMILES string of the molecule is O=C(c1c(F)cccc1-n1nccn1)N1CC2CN(c3nc4ccc(F)cc4o3)CC2C1. The topological polar surface area (TPSA) is 80.3 Å². The molecule has 2 atom stereocenters. The number of aromatic nitrogens is 4. The van der Waals surface area contributed by atoms with E-state index in [-0.39, 0.29) is 29.1 Å². The molecule has 2 aliphatic rings. The van der Waals surface area contributed by atoms with Gasteiger partial charge in [-0.05, 0) is 24.3 Å². The monoisotopic (exact) mass is 436 g/mol. The Hall–Kier alpha value is -3.82. The van der Waals surface area contributed by atoms with Crippen molar-refractivity contribution in [1.82, 2.24) is 24.9 Å². The van der Waals surface area contributed by atoms with Gasteiger partial charge in [0.2, 0.25) is 0 Å². The Kier molecular flexibility index (Phi) is 4.20. The Morgan fingerprint density at radius 1 is 1.00 bits per heavy atom. The van der Waals surface area contributed by atoms with Crippen LogP contribution < -0.4 is 4.90 Å². The number of carbonyl (C=O) groups excluding carboxylic acids is 1. The van der Waals surface area contributed by atoms with E-state index in [9.17, 15) is 13.6 Å². The van der Waals surface area contributed by atoms with E-state index in [0.717, 1.165) is 0 Å². The Labute approximate surface area is 181 Å². The molecule has 2 aromatic heterocycles. The van der Waals surface area contributed by atoms with Crippen LogP contribution in [0.4, 0.5) is 14.8 Å². The number of likely N-dealkylation sites (tertiary alicyclic amines) is 1. The third kappa shape index (κ3) is 3.02. The van der Waals surface area contributed by atoms with E-state index in [1.807, 2.05) is 4.90 Å². The van der Waals surface area contributed by atoms with Crippen LogP contribution in [0, 0.1) is 23.5 Å². The van der Waals surface area contributed by atoms with Crippen molar-refractivity contribution in [2.45, 2.75) is 0 Å². The standard InChI is InChI=1S/C22H18F2N6O2/c23-15-4-5-17-19(8-15)32-22(27-17)29-11-13-9-28(10-14(13)12-29)21(31)20-16(24)2-1-3-18(20)30-25-6-7-26-30/h1-8,13-14H,9-12H2. The van der Waals surface area contributed by atoms with Crippen molar-refractivity contribution in [3.63, 3.8) is 0 Å². The summed E-state index contributed by atoms with van der Waals surface area (Å²) in [6, 6.07) is 9.16. The lowest BCUT2D eigenvalue weighted by molar-refractivity contribution is 0.0777. The van der Waals surface area contributed by atoms with Gasteiger partial charge >= 0.3 is 0 Å². The van der Waals surface area contributed by atoms with Crippen LogP contribution in [0.2, 0.25) is 0 Å². The maximum absolute atomic E-state index is 14.7. The third-order valence-corrected chi connectivity index (χ3v) is 6.22. The zero-order valence-corrected chi connectivity index (χ0v) is 16.9. The van der Waals surface area contributed by atoms with Crippen molar-refractivity contribution in [2.75, 3.05) is 31.1 Å². The van der Waals surface area contributed by atoms with Crippen molar-refractivity contribution >= 4 is 23.0 Å². The number of halogens is 2. The van der Waals surface area contributed by atoms with Crippen molar-refractivity contribution in [1.29, 1.82) is 0 Å². The first-order chi connectivity index (χ1) is 15.6. The quantitative estimate of drug-likeness (QED) is 0.491. The fourth-order valence-electron chi connectivity index (χ4n) is 4.73. The van der Waals surface area contributed by atoms with E-state index in [1.54, 1.807) is 17.0 Å². The molecule has 0 N–H and O–H groups in total. The van der Waals surface area contributed by atoms with E-state index in [2.05, 4.69) is 15.2 Å². The van der Waals surface area contributed by atoms with E-state index in [0.29, 0.717) is 49.0 Å². The van der Waals surface area contributed by atoms with E-state index in [1.165, 1.54) is 41.5 Å². The van der Waals surface area contributed by atoms with Crippen LogP contribution >= 0.6 is 0 Å². The highest BCUT2D eigenvalue weighted by atomic mass is 19.1. The van der Waals surface area contributed by atoms with Crippen LogP contribution in [0.3, 0.4) is 0 Å². The number of carbonyl (C=O) groups is 1. The lowest BCUT2D eigenvalue weighted by atomic mass is 10.0. The van der Waals surface area contributed by atoms with E-state index < -0.39 is 5.82 Å². The number of hydrogen-bond donors (Lipinski definition) is 0. The summed E-state index contributed by atoms with van der Waals surface area (Å²) in [4.78, 5) is 22.7. The summed E-state index contributed by atoms with van der Waals surface area (Å²) in [5.41, 5.74) is 1.31. The van der Waals surface area contributed by atoms with E-state index >= 15 is 0 Å². The normalized spacial score (nSPS) is 20.3. The average molecular weight is 436 g/mol. The fraction of sp³-hybridized carbons (Fsp3) is 0.273. The highest BCUT2D eigenvalue weighted by Crippen LogP contribution is 2.36. The minimum Gasteiger partial charge on any atom is -0.423 e. The number of rotatable bonds is 3. The second-order valence-corrected chi connectivity index (χ2v) is 8.20. The molecule has 2 aromatic carbocycles. The maximum atomic E-state index is 14.7. The van der Waals surface area contributed by atoms with Crippen LogP contribution in [0.5, 0.6) is 0 Å². The molecule has 162 valence electrons. The van der Waals surface area contributed by atoms with Gasteiger partial charge in [0, 0.05) is 44.1 Å². The van der Waals surface area contributed by atoms with Gasteiger partial charge in [0.1, 0.15) is 28.4 Å². The van der Waals surface area contributed by atoms with Gasteiger partial charge in [-0.1, -0.05) is 6.07 Å². The largest absolute Gasteiger partial charge is 0.423 e. The van der Waals surface area contributed by atoms with Crippen LogP contribution in [0.25, 0.3) is 16.8 Å². The van der Waals surface area contributed by atoms with Gasteiger partial charge in [0.15, 0.2) is 5.58 Å². The first-order valence-electron chi connectivity index (χ1n) is 10.3. The molecule has 32 heavy (non-hydrogen) atoms. The molecule has 8 nitrogen and oxygen atoms in total. The third-order valence-electron chi connectivity index (χ3n) is 6.22. The number of benzene rings is 2. The van der Waals surface area contributed by atoms with Crippen LogP contribution in [0.15, 0.2) is 53.2 Å². The summed E-state index contributed by atoms with van der Waals surface area (Å²) < 4.78 is 33.9. The summed E-state index contributed by atoms with van der Waals surface area (Å²) in [7, 11) is 0. The molecule has 0 radical (unpaired) electrons. The molecule has 0 bridgehead atoms. The molecule has 0 saturated carbocycles. The number of hydrogen-bond acceptors (Lipinski definition) is 6. The zero-order valence-electron chi connectivity index (χ0n) is 16.9. The summed E-state index contributed by atoms with van der Waals surface area (Å²) in [5, 5.41) is 8.08. The van der Waals surface area contributed by atoms with Gasteiger partial charge in [0.25, 0.3) is 11.9 Å². The molecular formula is C22H18F2N6O2. The second kappa shape index (κ2) is 7.11. The van der Waals surface area contributed by atoms with Crippen LogP contribution in [-0.4, -0.2) is 57.0 Å². The number of anilines is 1. The Morgan fingerprint density at radius 2 is 1.75 bits per heavy atom. The molecule has 1 amide bonds. The Bertz CT molecular complexity index is 1310. The number of oxazole rings is 1. The van der Waals surface area contributed by atoms with Gasteiger partial charge in [-0.25, -0.2) is 8.78 Å². The summed E-state index contributed by atoms with van der Waals surface area (Å²) in [6.07, 6.45) is 2.96.